The molecule has 186 valence electrons. The van der Waals surface area contributed by atoms with Gasteiger partial charge in [-0.3, -0.25) is 0 Å². The topological polar surface area (TPSA) is 76.0 Å². The molecule has 4 aromatic rings. The van der Waals surface area contributed by atoms with Crippen LogP contribution in [0.15, 0.2) is 73.1 Å². The third kappa shape index (κ3) is 6.48. The van der Waals surface area contributed by atoms with Gasteiger partial charge in [0.2, 0.25) is 0 Å². The number of hydrogen-bond donors (Lipinski definition) is 3. The molecule has 0 unspecified atom stereocenters. The molecule has 0 radical (unpaired) electrons. The number of nitrogens with one attached hydrogen (secondary N) is 3. The molecule has 0 fully saturated rings. The zero-order chi connectivity index (χ0) is 25.7. The molecule has 0 bridgehead atoms. The number of halogens is 4. The summed E-state index contributed by atoms with van der Waals surface area (Å²) in [6.45, 7) is 2.00. The van der Waals surface area contributed by atoms with E-state index in [1.54, 1.807) is 19.1 Å². The van der Waals surface area contributed by atoms with E-state index < -0.39 is 6.36 Å². The molecule has 0 atom stereocenters. The van der Waals surface area contributed by atoms with Crippen molar-refractivity contribution in [3.63, 3.8) is 0 Å². The van der Waals surface area contributed by atoms with Crippen LogP contribution in [0.3, 0.4) is 0 Å². The Morgan fingerprint density at radius 2 is 1.75 bits per heavy atom. The first-order chi connectivity index (χ1) is 17.2. The lowest BCUT2D eigenvalue weighted by molar-refractivity contribution is -0.274. The number of thiocarbonyl (C=S) groups is 1. The molecule has 1 aromatic heterocycles. The van der Waals surface area contributed by atoms with Gasteiger partial charge in [-0.25, -0.2) is 14.1 Å². The molecule has 0 saturated heterocycles. The molecular formula is C24H20F4N6OS. The van der Waals surface area contributed by atoms with Crippen LogP contribution < -0.4 is 20.7 Å². The fourth-order valence-electron chi connectivity index (χ4n) is 3.19. The molecule has 3 N–H and O–H groups in total. The summed E-state index contributed by atoms with van der Waals surface area (Å²) >= 11 is 5.25. The van der Waals surface area contributed by atoms with E-state index in [1.165, 1.54) is 41.3 Å². The molecule has 0 aliphatic carbocycles. The van der Waals surface area contributed by atoms with Gasteiger partial charge in [0.25, 0.3) is 0 Å². The van der Waals surface area contributed by atoms with Gasteiger partial charge in [-0.2, -0.15) is 0 Å². The first-order valence-electron chi connectivity index (χ1n) is 10.6. The highest BCUT2D eigenvalue weighted by Gasteiger charge is 2.31. The summed E-state index contributed by atoms with van der Waals surface area (Å²) in [7, 11) is 0. The number of aromatic nitrogens is 3. The highest BCUT2D eigenvalue weighted by atomic mass is 32.1. The van der Waals surface area contributed by atoms with Crippen LogP contribution in [-0.2, 0) is 0 Å². The first kappa shape index (κ1) is 24.9. The van der Waals surface area contributed by atoms with Gasteiger partial charge in [-0.1, -0.05) is 6.07 Å². The van der Waals surface area contributed by atoms with Crippen molar-refractivity contribution in [2.24, 2.45) is 0 Å². The van der Waals surface area contributed by atoms with Crippen LogP contribution in [0.4, 0.5) is 28.9 Å². The highest BCUT2D eigenvalue weighted by molar-refractivity contribution is 7.80. The molecule has 4 rings (SSSR count). The molecule has 0 amide bonds. The minimum atomic E-state index is -4.75. The van der Waals surface area contributed by atoms with Gasteiger partial charge in [0.05, 0.1) is 12.4 Å². The predicted molar refractivity (Wildman–Crippen MR) is 132 cm³/mol. The van der Waals surface area contributed by atoms with Gasteiger partial charge < -0.3 is 20.7 Å². The second-order valence-corrected chi connectivity index (χ2v) is 7.94. The number of benzene rings is 3. The van der Waals surface area contributed by atoms with Crippen molar-refractivity contribution >= 4 is 28.7 Å². The average molecular weight is 517 g/mol. The largest absolute Gasteiger partial charge is 0.573 e. The number of nitrogens with zero attached hydrogens (tertiary/aromatic N) is 3. The zero-order valence-electron chi connectivity index (χ0n) is 18.8. The summed E-state index contributed by atoms with van der Waals surface area (Å²) in [6, 6.07) is 17.4. The van der Waals surface area contributed by atoms with Gasteiger partial charge in [0.1, 0.15) is 17.9 Å². The molecular weight excluding hydrogens is 496 g/mol. The van der Waals surface area contributed by atoms with Gasteiger partial charge in [-0.05, 0) is 79.8 Å². The van der Waals surface area contributed by atoms with Crippen molar-refractivity contribution in [3.05, 3.63) is 84.4 Å². The van der Waals surface area contributed by atoms with E-state index in [1.807, 2.05) is 24.3 Å². The van der Waals surface area contributed by atoms with Crippen LogP contribution in [-0.4, -0.2) is 32.9 Å². The van der Waals surface area contributed by atoms with Crippen LogP contribution in [0.1, 0.15) is 5.56 Å². The zero-order valence-corrected chi connectivity index (χ0v) is 19.6. The quantitative estimate of drug-likeness (QED) is 0.167. The molecule has 3 aromatic carbocycles. The van der Waals surface area contributed by atoms with Gasteiger partial charge in [-0.15, -0.1) is 18.3 Å². The van der Waals surface area contributed by atoms with Gasteiger partial charge in [0, 0.05) is 22.5 Å². The van der Waals surface area contributed by atoms with Crippen LogP contribution in [0.5, 0.6) is 5.75 Å². The average Bonchev–Trinajstić information content (AvgIpc) is 3.32. The van der Waals surface area contributed by atoms with Crippen molar-refractivity contribution in [2.75, 3.05) is 17.3 Å². The van der Waals surface area contributed by atoms with Crippen LogP contribution in [0.2, 0.25) is 0 Å². The third-order valence-electron chi connectivity index (χ3n) is 5.03. The van der Waals surface area contributed by atoms with Crippen molar-refractivity contribution in [3.8, 4) is 22.8 Å². The Morgan fingerprint density at radius 3 is 2.44 bits per heavy atom. The molecule has 36 heavy (non-hydrogen) atoms. The SMILES string of the molecule is Cc1c(F)cccc1NC(=S)NCNc1ccc(-c2ncn(-c3ccc(OC(F)(F)F)cc3)n2)cc1. The number of hydrogen-bond acceptors (Lipinski definition) is 5. The lowest BCUT2D eigenvalue weighted by Gasteiger charge is -2.14. The molecule has 7 nitrogen and oxygen atoms in total. The monoisotopic (exact) mass is 516 g/mol. The second-order valence-electron chi connectivity index (χ2n) is 7.53. The van der Waals surface area contributed by atoms with E-state index in [0.29, 0.717) is 34.5 Å². The molecule has 0 saturated carbocycles. The van der Waals surface area contributed by atoms with Gasteiger partial charge in [0.15, 0.2) is 10.9 Å². The van der Waals surface area contributed by atoms with Crippen LogP contribution in [0, 0.1) is 12.7 Å². The van der Waals surface area contributed by atoms with E-state index in [9.17, 15) is 17.6 Å². The predicted octanol–water partition coefficient (Wildman–Crippen LogP) is 5.64. The Kier molecular flexibility index (Phi) is 7.34. The number of anilines is 2. The smallest absolute Gasteiger partial charge is 0.406 e. The van der Waals surface area contributed by atoms with Gasteiger partial charge >= 0.3 is 6.36 Å². The minimum absolute atomic E-state index is 0.311. The Hall–Kier alpha value is -4.19. The summed E-state index contributed by atoms with van der Waals surface area (Å²) < 4.78 is 55.9. The maximum atomic E-state index is 13.6. The lowest BCUT2D eigenvalue weighted by atomic mass is 10.2. The van der Waals surface area contributed by atoms with Crippen molar-refractivity contribution < 1.29 is 22.3 Å². The summed E-state index contributed by atoms with van der Waals surface area (Å²) in [4.78, 5) is 4.27. The van der Waals surface area contributed by atoms with E-state index in [4.69, 9.17) is 12.2 Å². The number of alkyl halides is 3. The van der Waals surface area contributed by atoms with E-state index >= 15 is 0 Å². The fraction of sp³-hybridized carbons (Fsp3) is 0.125. The Morgan fingerprint density at radius 1 is 1.03 bits per heavy atom. The van der Waals surface area contributed by atoms with Crippen molar-refractivity contribution in [2.45, 2.75) is 13.3 Å². The molecule has 0 aliphatic heterocycles. The molecule has 12 heteroatoms. The maximum absolute atomic E-state index is 13.6. The summed E-state index contributed by atoms with van der Waals surface area (Å²) in [5.41, 5.74) is 3.17. The normalized spacial score (nSPS) is 11.1. The van der Waals surface area contributed by atoms with E-state index in [-0.39, 0.29) is 11.6 Å². The standard InChI is InChI=1S/C24H20F4N6OS/c1-15-20(25)3-2-4-21(15)32-23(36)30-13-29-17-7-5-16(6-8-17)22-31-14-34(33-22)18-9-11-19(12-10-18)35-24(26,27)28/h2-12,14,29H,13H2,1H3,(H2,30,32,36). The second kappa shape index (κ2) is 10.6. The van der Waals surface area contributed by atoms with Crippen molar-refractivity contribution in [1.29, 1.82) is 0 Å². The first-order valence-corrected chi connectivity index (χ1v) is 11.0. The van der Waals surface area contributed by atoms with Crippen LogP contribution >= 0.6 is 12.2 Å². The Balaban J connectivity index is 1.30. The third-order valence-corrected chi connectivity index (χ3v) is 5.27. The summed E-state index contributed by atoms with van der Waals surface area (Å²) in [5.74, 6) is -0.176. The van der Waals surface area contributed by atoms with E-state index in [2.05, 4.69) is 30.8 Å². The molecule has 1 heterocycles. The highest BCUT2D eigenvalue weighted by Crippen LogP contribution is 2.24. The number of ether oxygens (including phenoxy) is 1. The summed E-state index contributed by atoms with van der Waals surface area (Å²) in [5, 5.41) is 13.9. The summed E-state index contributed by atoms with van der Waals surface area (Å²) in [6.07, 6.45) is -3.27. The molecule has 0 aliphatic rings. The van der Waals surface area contributed by atoms with Crippen molar-refractivity contribution in [1.82, 2.24) is 20.1 Å². The number of rotatable bonds is 7. The minimum Gasteiger partial charge on any atom is -0.406 e. The lowest BCUT2D eigenvalue weighted by Crippen LogP contribution is -2.32. The maximum Gasteiger partial charge on any atom is 0.573 e. The Labute approximate surface area is 209 Å². The van der Waals surface area contributed by atoms with Crippen LogP contribution in [0.25, 0.3) is 17.1 Å². The Bertz CT molecular complexity index is 1340. The fourth-order valence-corrected chi connectivity index (χ4v) is 3.38. The van der Waals surface area contributed by atoms with E-state index in [0.717, 1.165) is 11.3 Å². The molecule has 0 spiro atoms.